The van der Waals surface area contributed by atoms with Crippen LogP contribution < -0.4 is 10.1 Å². The van der Waals surface area contributed by atoms with Gasteiger partial charge >= 0.3 is 6.09 Å². The highest BCUT2D eigenvalue weighted by molar-refractivity contribution is 5.68. The Labute approximate surface area is 161 Å². The highest BCUT2D eigenvalue weighted by atomic mass is 16.6. The third-order valence-electron chi connectivity index (χ3n) is 4.18. The molecule has 0 aliphatic carbocycles. The molecule has 2 rings (SSSR count). The van der Waals surface area contributed by atoms with Crippen LogP contribution in [0, 0.1) is 6.57 Å². The summed E-state index contributed by atoms with van der Waals surface area (Å²) in [7, 11) is 0. The van der Waals surface area contributed by atoms with Crippen LogP contribution in [0.15, 0.2) is 24.3 Å². The summed E-state index contributed by atoms with van der Waals surface area (Å²) in [4.78, 5) is 17.1. The largest absolute Gasteiger partial charge is 0.492 e. The number of piperidine rings is 1. The van der Waals surface area contributed by atoms with Crippen LogP contribution in [-0.4, -0.2) is 60.1 Å². The fourth-order valence-electron chi connectivity index (χ4n) is 2.79. The number of aliphatic hydroxyl groups is 1. The molecule has 1 atom stereocenters. The van der Waals surface area contributed by atoms with Gasteiger partial charge in [-0.3, -0.25) is 0 Å². The van der Waals surface area contributed by atoms with Gasteiger partial charge in [-0.2, -0.15) is 0 Å². The van der Waals surface area contributed by atoms with E-state index in [1.807, 2.05) is 20.8 Å². The molecule has 0 bridgehead atoms. The summed E-state index contributed by atoms with van der Waals surface area (Å²) in [6, 6.07) is 7.14. The van der Waals surface area contributed by atoms with E-state index in [1.165, 1.54) is 0 Å². The molecule has 1 aromatic carbocycles. The van der Waals surface area contributed by atoms with Crippen LogP contribution in [0.3, 0.4) is 0 Å². The van der Waals surface area contributed by atoms with Gasteiger partial charge in [-0.25, -0.2) is 9.64 Å². The number of carbonyl (C=O) groups is 1. The van der Waals surface area contributed by atoms with E-state index >= 15 is 0 Å². The number of hydrogen-bond donors (Lipinski definition) is 2. The van der Waals surface area contributed by atoms with Crippen molar-refractivity contribution in [1.29, 1.82) is 0 Å². The smallest absolute Gasteiger partial charge is 0.410 e. The summed E-state index contributed by atoms with van der Waals surface area (Å²) in [5.41, 5.74) is 0.0294. The lowest BCUT2D eigenvalue weighted by Gasteiger charge is -2.34. The zero-order chi connectivity index (χ0) is 19.9. The molecule has 1 saturated heterocycles. The van der Waals surface area contributed by atoms with Crippen molar-refractivity contribution in [2.75, 3.05) is 26.2 Å². The second kappa shape index (κ2) is 9.58. The van der Waals surface area contributed by atoms with E-state index in [0.29, 0.717) is 31.1 Å². The van der Waals surface area contributed by atoms with Crippen molar-refractivity contribution in [2.45, 2.75) is 51.4 Å². The second-order valence-corrected chi connectivity index (χ2v) is 7.72. The number of nitrogens with zero attached hydrogens (tertiary/aromatic N) is 2. The molecule has 2 N–H and O–H groups in total. The Hall–Kier alpha value is -2.30. The number of rotatable bonds is 6. The monoisotopic (exact) mass is 375 g/mol. The predicted octanol–water partition coefficient (Wildman–Crippen LogP) is 2.97. The van der Waals surface area contributed by atoms with E-state index in [0.717, 1.165) is 12.8 Å². The van der Waals surface area contributed by atoms with Gasteiger partial charge in [-0.1, -0.05) is 12.1 Å². The molecule has 0 spiro atoms. The Morgan fingerprint density at radius 2 is 2.11 bits per heavy atom. The number of aliphatic hydroxyl groups excluding tert-OH is 1. The number of ether oxygens (including phenoxy) is 2. The number of nitrogens with one attached hydrogen (secondary N) is 1. The molecule has 27 heavy (non-hydrogen) atoms. The standard InChI is InChI=1S/C20H29N3O4/c1-20(2,3)27-19(25)23-10-8-15(9-11-23)22-13-17(24)14-26-18-7-5-6-16(12-18)21-4/h5-7,12,15,17,22,24H,8-11,13-14H2,1-3H3/t17-/m0/s1. The van der Waals surface area contributed by atoms with Gasteiger partial charge in [-0.15, -0.1) is 0 Å². The topological polar surface area (TPSA) is 75.4 Å². The SMILES string of the molecule is [C-]#[N+]c1cccc(OC[C@@H](O)CNC2CCN(C(=O)OC(C)(C)C)CC2)c1. The molecule has 1 aliphatic heterocycles. The number of likely N-dealkylation sites (tertiary alicyclic amines) is 1. The van der Waals surface area contributed by atoms with E-state index in [-0.39, 0.29) is 18.7 Å². The third kappa shape index (κ3) is 7.45. The Morgan fingerprint density at radius 1 is 1.41 bits per heavy atom. The van der Waals surface area contributed by atoms with Gasteiger partial charge in [0.2, 0.25) is 0 Å². The van der Waals surface area contributed by atoms with Crippen molar-refractivity contribution < 1.29 is 19.4 Å². The summed E-state index contributed by atoms with van der Waals surface area (Å²) in [5, 5.41) is 13.4. The van der Waals surface area contributed by atoms with E-state index in [2.05, 4.69) is 10.2 Å². The van der Waals surface area contributed by atoms with Gasteiger partial charge in [0.15, 0.2) is 5.69 Å². The van der Waals surface area contributed by atoms with Crippen LogP contribution >= 0.6 is 0 Å². The average molecular weight is 375 g/mol. The molecule has 1 fully saturated rings. The zero-order valence-electron chi connectivity index (χ0n) is 16.3. The number of benzene rings is 1. The number of amides is 1. The Bertz CT molecular complexity index is 658. The number of hydrogen-bond acceptors (Lipinski definition) is 5. The molecule has 1 aliphatic rings. The van der Waals surface area contributed by atoms with Gasteiger partial charge in [0.1, 0.15) is 24.1 Å². The zero-order valence-corrected chi connectivity index (χ0v) is 16.3. The molecule has 1 aromatic rings. The van der Waals surface area contributed by atoms with Gasteiger partial charge in [0, 0.05) is 25.7 Å². The van der Waals surface area contributed by atoms with Crippen LogP contribution in [0.25, 0.3) is 4.85 Å². The van der Waals surface area contributed by atoms with Gasteiger partial charge in [0.05, 0.1) is 6.57 Å². The first-order chi connectivity index (χ1) is 12.8. The molecule has 0 radical (unpaired) electrons. The van der Waals surface area contributed by atoms with Gasteiger partial charge < -0.3 is 24.8 Å². The Kier molecular flexibility index (Phi) is 7.45. The quantitative estimate of drug-likeness (QED) is 0.748. The van der Waals surface area contributed by atoms with Crippen LogP contribution in [0.1, 0.15) is 33.6 Å². The average Bonchev–Trinajstić information content (AvgIpc) is 2.64. The summed E-state index contributed by atoms with van der Waals surface area (Å²) < 4.78 is 10.9. The van der Waals surface area contributed by atoms with E-state index < -0.39 is 11.7 Å². The summed E-state index contributed by atoms with van der Waals surface area (Å²) in [6.45, 7) is 14.4. The third-order valence-corrected chi connectivity index (χ3v) is 4.18. The molecule has 0 aromatic heterocycles. The fourth-order valence-corrected chi connectivity index (χ4v) is 2.79. The Morgan fingerprint density at radius 3 is 2.74 bits per heavy atom. The molecule has 1 amide bonds. The highest BCUT2D eigenvalue weighted by Crippen LogP contribution is 2.20. The van der Waals surface area contributed by atoms with Crippen molar-refractivity contribution in [3.63, 3.8) is 0 Å². The van der Waals surface area contributed by atoms with Crippen molar-refractivity contribution in [2.24, 2.45) is 0 Å². The fraction of sp³-hybridized carbons (Fsp3) is 0.600. The maximum absolute atomic E-state index is 12.1. The van der Waals surface area contributed by atoms with Crippen LogP contribution in [0.2, 0.25) is 0 Å². The lowest BCUT2D eigenvalue weighted by Crippen LogP contribution is -2.48. The van der Waals surface area contributed by atoms with Crippen molar-refractivity contribution in [3.8, 4) is 5.75 Å². The minimum absolute atomic E-state index is 0.158. The van der Waals surface area contributed by atoms with Gasteiger partial charge in [-0.05, 0) is 45.7 Å². The molecular formula is C20H29N3O4. The summed E-state index contributed by atoms with van der Waals surface area (Å²) in [6.07, 6.45) is 0.723. The minimum atomic E-state index is -0.648. The van der Waals surface area contributed by atoms with Gasteiger partial charge in [0.25, 0.3) is 0 Å². The van der Waals surface area contributed by atoms with Crippen molar-refractivity contribution in [1.82, 2.24) is 10.2 Å². The molecular weight excluding hydrogens is 346 g/mol. The summed E-state index contributed by atoms with van der Waals surface area (Å²) in [5.74, 6) is 0.577. The summed E-state index contributed by atoms with van der Waals surface area (Å²) >= 11 is 0. The van der Waals surface area contributed by atoms with Crippen LogP contribution in [0.5, 0.6) is 5.75 Å². The first kappa shape index (κ1) is 21.0. The normalized spacial score (nSPS) is 16.5. The lowest BCUT2D eigenvalue weighted by atomic mass is 10.1. The highest BCUT2D eigenvalue weighted by Gasteiger charge is 2.26. The number of carbonyl (C=O) groups excluding carboxylic acids is 1. The van der Waals surface area contributed by atoms with E-state index in [9.17, 15) is 9.90 Å². The molecule has 7 nitrogen and oxygen atoms in total. The molecule has 0 saturated carbocycles. The van der Waals surface area contributed by atoms with E-state index in [4.69, 9.17) is 16.0 Å². The molecule has 7 heteroatoms. The maximum Gasteiger partial charge on any atom is 0.410 e. The van der Waals surface area contributed by atoms with E-state index in [1.54, 1.807) is 29.2 Å². The molecule has 148 valence electrons. The first-order valence-electron chi connectivity index (χ1n) is 9.26. The first-order valence-corrected chi connectivity index (χ1v) is 9.26. The minimum Gasteiger partial charge on any atom is -0.492 e. The Balaban J connectivity index is 1.66. The van der Waals surface area contributed by atoms with Crippen LogP contribution in [-0.2, 0) is 4.74 Å². The van der Waals surface area contributed by atoms with Crippen molar-refractivity contribution >= 4 is 11.8 Å². The lowest BCUT2D eigenvalue weighted by molar-refractivity contribution is 0.0192. The predicted molar refractivity (Wildman–Crippen MR) is 103 cm³/mol. The van der Waals surface area contributed by atoms with Crippen LogP contribution in [0.4, 0.5) is 10.5 Å². The maximum atomic E-state index is 12.1. The molecule has 1 heterocycles. The second-order valence-electron chi connectivity index (χ2n) is 7.72. The molecule has 0 unspecified atom stereocenters. The van der Waals surface area contributed by atoms with Crippen molar-refractivity contribution in [3.05, 3.63) is 35.7 Å².